The Hall–Kier alpha value is -2.71. The van der Waals surface area contributed by atoms with Crippen LogP contribution in [0.2, 0.25) is 0 Å². The molecule has 1 aliphatic carbocycles. The number of hydrogen-bond donors (Lipinski definition) is 1. The molecule has 1 fully saturated rings. The first kappa shape index (κ1) is 18.6. The highest BCUT2D eigenvalue weighted by atomic mass is 32.2. The smallest absolute Gasteiger partial charge is 0.264 e. The van der Waals surface area contributed by atoms with E-state index in [0.717, 1.165) is 24.8 Å². The Labute approximate surface area is 164 Å². The molecule has 1 aromatic heterocycles. The molecule has 28 heavy (non-hydrogen) atoms. The number of nitrogens with two attached hydrogens (primary N) is 1. The average Bonchev–Trinajstić information content (AvgIpc) is 3.16. The Balaban J connectivity index is 1.57. The van der Waals surface area contributed by atoms with Gasteiger partial charge in [-0.1, -0.05) is 22.9 Å². The van der Waals surface area contributed by atoms with Gasteiger partial charge in [0.05, 0.1) is 16.1 Å². The van der Waals surface area contributed by atoms with Crippen molar-refractivity contribution in [3.05, 3.63) is 59.9 Å². The van der Waals surface area contributed by atoms with Gasteiger partial charge in [0.1, 0.15) is 0 Å². The van der Waals surface area contributed by atoms with Gasteiger partial charge in [-0.05, 0) is 62.6 Å². The standard InChI is InChI=1S/C20H22N4O3S/c1-14-4-10-17(11-5-14)28(25,26)24(2)16-8-6-15(7-9-16)18-22-19(23-27-18)20(21)12-3-13-20/h4-11H,3,12-13,21H2,1-2H3. The fourth-order valence-corrected chi connectivity index (χ4v) is 4.34. The van der Waals surface area contributed by atoms with Crippen LogP contribution in [0.4, 0.5) is 5.69 Å². The van der Waals surface area contributed by atoms with Gasteiger partial charge in [-0.15, -0.1) is 0 Å². The lowest BCUT2D eigenvalue weighted by Crippen LogP contribution is -2.44. The normalized spacial score (nSPS) is 15.8. The summed E-state index contributed by atoms with van der Waals surface area (Å²) in [6.07, 6.45) is 2.77. The van der Waals surface area contributed by atoms with Crippen molar-refractivity contribution in [2.75, 3.05) is 11.4 Å². The summed E-state index contributed by atoms with van der Waals surface area (Å²) >= 11 is 0. The van der Waals surface area contributed by atoms with Gasteiger partial charge < -0.3 is 10.3 Å². The van der Waals surface area contributed by atoms with Crippen molar-refractivity contribution in [3.8, 4) is 11.5 Å². The zero-order valence-corrected chi connectivity index (χ0v) is 16.6. The number of rotatable bonds is 5. The number of hydrogen-bond acceptors (Lipinski definition) is 6. The maximum absolute atomic E-state index is 12.8. The second-order valence-corrected chi connectivity index (χ2v) is 9.23. The van der Waals surface area contributed by atoms with Gasteiger partial charge in [-0.3, -0.25) is 4.31 Å². The van der Waals surface area contributed by atoms with Crippen molar-refractivity contribution in [1.82, 2.24) is 10.1 Å². The van der Waals surface area contributed by atoms with E-state index in [1.165, 1.54) is 11.4 Å². The van der Waals surface area contributed by atoms with Crippen molar-refractivity contribution >= 4 is 15.7 Å². The summed E-state index contributed by atoms with van der Waals surface area (Å²) in [5.74, 6) is 0.902. The molecular weight excluding hydrogens is 376 g/mol. The highest BCUT2D eigenvalue weighted by molar-refractivity contribution is 7.92. The number of sulfonamides is 1. The van der Waals surface area contributed by atoms with Crippen molar-refractivity contribution in [1.29, 1.82) is 0 Å². The fourth-order valence-electron chi connectivity index (χ4n) is 3.15. The third-order valence-electron chi connectivity index (χ3n) is 5.27. The Kier molecular flexibility index (Phi) is 4.47. The van der Waals surface area contributed by atoms with E-state index in [4.69, 9.17) is 10.3 Å². The highest BCUT2D eigenvalue weighted by Crippen LogP contribution is 2.37. The molecular formula is C20H22N4O3S. The summed E-state index contributed by atoms with van der Waals surface area (Å²) in [5.41, 5.74) is 8.01. The van der Waals surface area contributed by atoms with Crippen LogP contribution in [0.1, 0.15) is 30.7 Å². The highest BCUT2D eigenvalue weighted by Gasteiger charge is 2.39. The van der Waals surface area contributed by atoms with Gasteiger partial charge in [0, 0.05) is 12.6 Å². The predicted octanol–water partition coefficient (Wildman–Crippen LogP) is 3.21. The molecule has 0 unspecified atom stereocenters. The van der Waals surface area contributed by atoms with Crippen molar-refractivity contribution in [2.24, 2.45) is 5.73 Å². The predicted molar refractivity (Wildman–Crippen MR) is 106 cm³/mol. The lowest BCUT2D eigenvalue weighted by Gasteiger charge is -2.34. The van der Waals surface area contributed by atoms with E-state index in [0.29, 0.717) is 23.0 Å². The maximum atomic E-state index is 12.8. The molecule has 3 aromatic rings. The van der Waals surface area contributed by atoms with Crippen molar-refractivity contribution in [2.45, 2.75) is 36.6 Å². The Morgan fingerprint density at radius 2 is 1.71 bits per heavy atom. The van der Waals surface area contributed by atoms with Gasteiger partial charge in [0.2, 0.25) is 0 Å². The van der Waals surface area contributed by atoms with Crippen LogP contribution in [0.15, 0.2) is 57.9 Å². The number of nitrogens with zero attached hydrogens (tertiary/aromatic N) is 3. The molecule has 2 N–H and O–H groups in total. The molecule has 0 atom stereocenters. The topological polar surface area (TPSA) is 102 Å². The van der Waals surface area contributed by atoms with Crippen LogP contribution in [0.3, 0.4) is 0 Å². The number of anilines is 1. The molecule has 0 aliphatic heterocycles. The Morgan fingerprint density at radius 3 is 2.29 bits per heavy atom. The summed E-state index contributed by atoms with van der Waals surface area (Å²) in [6.45, 7) is 1.92. The van der Waals surface area contributed by atoms with Gasteiger partial charge >= 0.3 is 0 Å². The SMILES string of the molecule is Cc1ccc(S(=O)(=O)N(C)c2ccc(-c3nc(C4(N)CCC4)no3)cc2)cc1. The van der Waals surface area contributed by atoms with Crippen LogP contribution in [-0.2, 0) is 15.6 Å². The summed E-state index contributed by atoms with van der Waals surface area (Å²) in [5, 5.41) is 4.01. The van der Waals surface area contributed by atoms with Crippen LogP contribution in [0, 0.1) is 6.92 Å². The zero-order valence-electron chi connectivity index (χ0n) is 15.8. The second-order valence-electron chi connectivity index (χ2n) is 7.27. The van der Waals surface area contributed by atoms with Crippen LogP contribution < -0.4 is 10.0 Å². The van der Waals surface area contributed by atoms with Crippen LogP contribution >= 0.6 is 0 Å². The Bertz CT molecular complexity index is 1090. The molecule has 2 aromatic carbocycles. The van der Waals surface area contributed by atoms with Gasteiger partial charge in [-0.25, -0.2) is 8.42 Å². The summed E-state index contributed by atoms with van der Waals surface area (Å²) in [4.78, 5) is 4.67. The zero-order chi connectivity index (χ0) is 19.9. The Morgan fingerprint density at radius 1 is 1.07 bits per heavy atom. The number of aryl methyl sites for hydroxylation is 1. The second kappa shape index (κ2) is 6.72. The van der Waals surface area contributed by atoms with Gasteiger partial charge in [0.25, 0.3) is 15.9 Å². The monoisotopic (exact) mass is 398 g/mol. The van der Waals surface area contributed by atoms with Crippen molar-refractivity contribution in [3.63, 3.8) is 0 Å². The van der Waals surface area contributed by atoms with E-state index < -0.39 is 15.6 Å². The molecule has 0 spiro atoms. The van der Waals surface area contributed by atoms with E-state index in [-0.39, 0.29) is 4.90 Å². The lowest BCUT2D eigenvalue weighted by atomic mass is 9.77. The summed E-state index contributed by atoms with van der Waals surface area (Å²) < 4.78 is 32.2. The molecule has 1 saturated carbocycles. The largest absolute Gasteiger partial charge is 0.334 e. The third-order valence-corrected chi connectivity index (χ3v) is 7.07. The quantitative estimate of drug-likeness (QED) is 0.708. The lowest BCUT2D eigenvalue weighted by molar-refractivity contribution is 0.229. The van der Waals surface area contributed by atoms with E-state index >= 15 is 0 Å². The third kappa shape index (κ3) is 3.18. The molecule has 1 heterocycles. The van der Waals surface area contributed by atoms with E-state index in [2.05, 4.69) is 10.1 Å². The van der Waals surface area contributed by atoms with Gasteiger partial charge in [-0.2, -0.15) is 4.98 Å². The molecule has 0 radical (unpaired) electrons. The van der Waals surface area contributed by atoms with Crippen LogP contribution in [0.5, 0.6) is 0 Å². The molecule has 7 nitrogen and oxygen atoms in total. The minimum absolute atomic E-state index is 0.250. The first-order valence-corrected chi connectivity index (χ1v) is 10.5. The van der Waals surface area contributed by atoms with E-state index in [1.54, 1.807) is 48.5 Å². The molecule has 0 saturated heterocycles. The van der Waals surface area contributed by atoms with Crippen molar-refractivity contribution < 1.29 is 12.9 Å². The molecule has 1 aliphatic rings. The first-order chi connectivity index (χ1) is 13.3. The molecule has 4 rings (SSSR count). The average molecular weight is 398 g/mol. The van der Waals surface area contributed by atoms with E-state index in [1.807, 2.05) is 6.92 Å². The summed E-state index contributed by atoms with van der Waals surface area (Å²) in [7, 11) is -2.10. The van der Waals surface area contributed by atoms with Gasteiger partial charge in [0.15, 0.2) is 5.82 Å². The summed E-state index contributed by atoms with van der Waals surface area (Å²) in [6, 6.07) is 13.7. The number of benzene rings is 2. The molecule has 8 heteroatoms. The molecule has 0 amide bonds. The minimum atomic E-state index is -3.63. The van der Waals surface area contributed by atoms with E-state index in [9.17, 15) is 8.42 Å². The maximum Gasteiger partial charge on any atom is 0.264 e. The first-order valence-electron chi connectivity index (χ1n) is 9.09. The number of aromatic nitrogens is 2. The van der Waals surface area contributed by atoms with Crippen LogP contribution in [0.25, 0.3) is 11.5 Å². The fraction of sp³-hybridized carbons (Fsp3) is 0.300. The van der Waals surface area contributed by atoms with Crippen LogP contribution in [-0.4, -0.2) is 25.6 Å². The molecule has 146 valence electrons. The molecule has 0 bridgehead atoms. The minimum Gasteiger partial charge on any atom is -0.334 e.